The maximum absolute atomic E-state index is 12.2. The van der Waals surface area contributed by atoms with Crippen molar-refractivity contribution in [2.75, 3.05) is 13.1 Å². The molecule has 0 saturated heterocycles. The monoisotopic (exact) mass is 251 g/mol. The fourth-order valence-electron chi connectivity index (χ4n) is 3.36. The Labute approximate surface area is 112 Å². The topological polar surface area (TPSA) is 20.3 Å². The highest BCUT2D eigenvalue weighted by Crippen LogP contribution is 2.34. The smallest absolute Gasteiger partial charge is 0.137 e. The van der Waals surface area contributed by atoms with Crippen molar-refractivity contribution in [3.63, 3.8) is 0 Å². The van der Waals surface area contributed by atoms with Gasteiger partial charge < -0.3 is 0 Å². The molecule has 0 aromatic carbocycles. The number of hydrogen-bond donors (Lipinski definition) is 0. The Kier molecular flexibility index (Phi) is 4.47. The maximum Gasteiger partial charge on any atom is 0.137 e. The molecular weight excluding hydrogens is 222 g/mol. The lowest BCUT2D eigenvalue weighted by atomic mass is 9.74. The molecule has 2 rings (SSSR count). The average Bonchev–Trinajstić information content (AvgIpc) is 3.04. The third kappa shape index (κ3) is 3.57. The minimum Gasteiger partial charge on any atom is -0.300 e. The van der Waals surface area contributed by atoms with Crippen molar-refractivity contribution in [3.8, 4) is 0 Å². The predicted octanol–water partition coefficient (Wildman–Crippen LogP) is 3.36. The molecule has 2 aliphatic rings. The van der Waals surface area contributed by atoms with Crippen LogP contribution < -0.4 is 0 Å². The molecule has 0 aliphatic heterocycles. The first-order chi connectivity index (χ1) is 8.47. The molecule has 2 aliphatic carbocycles. The molecule has 104 valence electrons. The van der Waals surface area contributed by atoms with E-state index in [0.29, 0.717) is 29.6 Å². The van der Waals surface area contributed by atoms with E-state index < -0.39 is 0 Å². The van der Waals surface area contributed by atoms with Gasteiger partial charge in [0.25, 0.3) is 0 Å². The summed E-state index contributed by atoms with van der Waals surface area (Å²) in [6.07, 6.45) is 4.83. The van der Waals surface area contributed by atoms with Gasteiger partial charge in [-0.3, -0.25) is 9.69 Å². The quantitative estimate of drug-likeness (QED) is 0.747. The van der Waals surface area contributed by atoms with Gasteiger partial charge in [-0.1, -0.05) is 13.8 Å². The molecule has 0 aromatic heterocycles. The summed E-state index contributed by atoms with van der Waals surface area (Å²) in [5.41, 5.74) is 0. The molecule has 3 unspecified atom stereocenters. The van der Waals surface area contributed by atoms with E-state index in [1.165, 1.54) is 25.8 Å². The summed E-state index contributed by atoms with van der Waals surface area (Å²) >= 11 is 0. The van der Waals surface area contributed by atoms with E-state index in [9.17, 15) is 4.79 Å². The maximum atomic E-state index is 12.2. The molecule has 0 radical (unpaired) electrons. The lowest BCUT2D eigenvalue weighted by Gasteiger charge is -2.36. The third-order valence-electron chi connectivity index (χ3n) is 4.78. The van der Waals surface area contributed by atoms with Gasteiger partial charge in [-0.15, -0.1) is 0 Å². The molecule has 0 amide bonds. The number of ketones is 1. The molecule has 0 N–H and O–H groups in total. The Morgan fingerprint density at radius 2 is 1.89 bits per heavy atom. The summed E-state index contributed by atoms with van der Waals surface area (Å²) in [7, 11) is 0. The van der Waals surface area contributed by atoms with E-state index in [1.807, 2.05) is 0 Å². The first-order valence-corrected chi connectivity index (χ1v) is 7.74. The van der Waals surface area contributed by atoms with Crippen LogP contribution in [0.25, 0.3) is 0 Å². The molecule has 2 nitrogen and oxygen atoms in total. The fraction of sp³-hybridized carbons (Fsp3) is 0.938. The van der Waals surface area contributed by atoms with Gasteiger partial charge in [0, 0.05) is 31.5 Å². The van der Waals surface area contributed by atoms with Crippen molar-refractivity contribution in [2.45, 2.75) is 59.4 Å². The van der Waals surface area contributed by atoms with E-state index in [4.69, 9.17) is 0 Å². The molecule has 0 aromatic rings. The van der Waals surface area contributed by atoms with Crippen LogP contribution in [0.1, 0.15) is 53.4 Å². The molecule has 3 atom stereocenters. The first kappa shape index (κ1) is 14.0. The number of carbonyl (C=O) groups is 1. The van der Waals surface area contributed by atoms with Crippen molar-refractivity contribution in [1.29, 1.82) is 0 Å². The minimum absolute atomic E-state index is 0.294. The van der Waals surface area contributed by atoms with Gasteiger partial charge in [0.1, 0.15) is 5.78 Å². The van der Waals surface area contributed by atoms with E-state index in [-0.39, 0.29) is 0 Å². The lowest BCUT2D eigenvalue weighted by Crippen LogP contribution is -2.43. The van der Waals surface area contributed by atoms with Crippen LogP contribution in [0.2, 0.25) is 0 Å². The summed E-state index contributed by atoms with van der Waals surface area (Å²) in [6.45, 7) is 11.2. The second kappa shape index (κ2) is 5.73. The first-order valence-electron chi connectivity index (χ1n) is 7.74. The minimum atomic E-state index is 0.294. The molecule has 0 spiro atoms. The Balaban J connectivity index is 1.93. The van der Waals surface area contributed by atoms with Crippen molar-refractivity contribution >= 4 is 5.78 Å². The molecule has 18 heavy (non-hydrogen) atoms. The van der Waals surface area contributed by atoms with Gasteiger partial charge in [0.15, 0.2) is 0 Å². The van der Waals surface area contributed by atoms with Crippen LogP contribution >= 0.6 is 0 Å². The van der Waals surface area contributed by atoms with E-state index >= 15 is 0 Å². The zero-order valence-electron chi connectivity index (χ0n) is 12.5. The second-order valence-electron chi connectivity index (χ2n) is 7.09. The highest BCUT2D eigenvalue weighted by Gasteiger charge is 2.35. The molecule has 0 bridgehead atoms. The Morgan fingerprint density at radius 1 is 1.22 bits per heavy atom. The standard InChI is InChI=1S/C16H29NO/c1-11(2)17(9-14-5-6-14)10-15-13(4)7-12(3)8-16(15)18/h11-15H,5-10H2,1-4H3. The number of rotatable bonds is 5. The Morgan fingerprint density at radius 3 is 2.39 bits per heavy atom. The molecular formula is C16H29NO. The number of hydrogen-bond acceptors (Lipinski definition) is 2. The number of carbonyl (C=O) groups excluding carboxylic acids is 1. The molecule has 2 heteroatoms. The normalized spacial score (nSPS) is 33.4. The van der Waals surface area contributed by atoms with Gasteiger partial charge in [-0.05, 0) is 50.9 Å². The summed E-state index contributed by atoms with van der Waals surface area (Å²) in [5.74, 6) is 2.90. The largest absolute Gasteiger partial charge is 0.300 e. The summed E-state index contributed by atoms with van der Waals surface area (Å²) < 4.78 is 0. The zero-order chi connectivity index (χ0) is 13.3. The lowest BCUT2D eigenvalue weighted by molar-refractivity contribution is -0.129. The average molecular weight is 251 g/mol. The summed E-state index contributed by atoms with van der Waals surface area (Å²) in [4.78, 5) is 14.8. The van der Waals surface area contributed by atoms with E-state index in [1.54, 1.807) is 0 Å². The Bertz CT molecular complexity index is 295. The van der Waals surface area contributed by atoms with Crippen LogP contribution in [0.3, 0.4) is 0 Å². The van der Waals surface area contributed by atoms with Crippen LogP contribution in [0, 0.1) is 23.7 Å². The second-order valence-corrected chi connectivity index (χ2v) is 7.09. The highest BCUT2D eigenvalue weighted by atomic mass is 16.1. The number of nitrogens with zero attached hydrogens (tertiary/aromatic N) is 1. The fourth-order valence-corrected chi connectivity index (χ4v) is 3.36. The molecule has 0 heterocycles. The SMILES string of the molecule is CC1CC(=O)C(CN(CC2CC2)C(C)C)C(C)C1. The van der Waals surface area contributed by atoms with Crippen molar-refractivity contribution in [2.24, 2.45) is 23.7 Å². The van der Waals surface area contributed by atoms with Gasteiger partial charge in [-0.25, -0.2) is 0 Å². The Hall–Kier alpha value is -0.370. The highest BCUT2D eigenvalue weighted by molar-refractivity contribution is 5.82. The van der Waals surface area contributed by atoms with E-state index in [2.05, 4.69) is 32.6 Å². The van der Waals surface area contributed by atoms with E-state index in [0.717, 1.165) is 18.9 Å². The molecule has 2 fully saturated rings. The zero-order valence-corrected chi connectivity index (χ0v) is 12.5. The predicted molar refractivity (Wildman–Crippen MR) is 75.5 cm³/mol. The van der Waals surface area contributed by atoms with Gasteiger partial charge in [-0.2, -0.15) is 0 Å². The van der Waals surface area contributed by atoms with Crippen LogP contribution in [0.4, 0.5) is 0 Å². The van der Waals surface area contributed by atoms with Crippen LogP contribution in [-0.2, 0) is 4.79 Å². The van der Waals surface area contributed by atoms with Gasteiger partial charge in [0.05, 0.1) is 0 Å². The van der Waals surface area contributed by atoms with Crippen LogP contribution in [0.5, 0.6) is 0 Å². The van der Waals surface area contributed by atoms with Crippen molar-refractivity contribution in [1.82, 2.24) is 4.90 Å². The third-order valence-corrected chi connectivity index (χ3v) is 4.78. The summed E-state index contributed by atoms with van der Waals surface area (Å²) in [5, 5.41) is 0. The van der Waals surface area contributed by atoms with Gasteiger partial charge in [0.2, 0.25) is 0 Å². The van der Waals surface area contributed by atoms with Gasteiger partial charge >= 0.3 is 0 Å². The molecule has 2 saturated carbocycles. The van der Waals surface area contributed by atoms with Crippen LogP contribution in [0.15, 0.2) is 0 Å². The van der Waals surface area contributed by atoms with Crippen LogP contribution in [-0.4, -0.2) is 29.8 Å². The van der Waals surface area contributed by atoms with Crippen molar-refractivity contribution < 1.29 is 4.79 Å². The summed E-state index contributed by atoms with van der Waals surface area (Å²) in [6, 6.07) is 0.574. The van der Waals surface area contributed by atoms with Crippen molar-refractivity contribution in [3.05, 3.63) is 0 Å². The number of Topliss-reactive ketones (excluding diaryl/α,β-unsaturated/α-hetero) is 1.